The van der Waals surface area contributed by atoms with Gasteiger partial charge in [0.05, 0.1) is 12.6 Å². The van der Waals surface area contributed by atoms with Gasteiger partial charge in [0.25, 0.3) is 0 Å². The molecule has 1 N–H and O–H groups in total. The van der Waals surface area contributed by atoms with E-state index in [9.17, 15) is 4.79 Å². The molecule has 0 fully saturated rings. The summed E-state index contributed by atoms with van der Waals surface area (Å²) in [5, 5.41) is 14.0. The lowest BCUT2D eigenvalue weighted by Gasteiger charge is -2.25. The zero-order valence-electron chi connectivity index (χ0n) is 14.2. The summed E-state index contributed by atoms with van der Waals surface area (Å²) in [5.41, 5.74) is 3.05. The van der Waals surface area contributed by atoms with Crippen LogP contribution in [0.4, 0.5) is 0 Å². The largest absolute Gasteiger partial charge is 0.349 e. The lowest BCUT2D eigenvalue weighted by Crippen LogP contribution is -2.32. The van der Waals surface area contributed by atoms with Crippen LogP contribution in [-0.4, -0.2) is 36.1 Å². The maximum atomic E-state index is 12.3. The summed E-state index contributed by atoms with van der Waals surface area (Å²) in [4.78, 5) is 21.5. The molecule has 2 heterocycles. The number of tetrazole rings is 1. The van der Waals surface area contributed by atoms with Crippen molar-refractivity contribution >= 4 is 5.91 Å². The second-order valence-electron chi connectivity index (χ2n) is 6.30. The highest BCUT2D eigenvalue weighted by molar-refractivity contribution is 5.76. The van der Waals surface area contributed by atoms with Gasteiger partial charge in [-0.05, 0) is 29.7 Å². The summed E-state index contributed by atoms with van der Waals surface area (Å²) in [5.74, 6) is 0.709. The van der Waals surface area contributed by atoms with E-state index in [0.717, 1.165) is 41.9 Å². The average Bonchev–Trinajstić information content (AvgIpc) is 3.21. The first-order valence-electron chi connectivity index (χ1n) is 8.71. The van der Waals surface area contributed by atoms with Gasteiger partial charge in [0.1, 0.15) is 6.33 Å². The van der Waals surface area contributed by atoms with Gasteiger partial charge < -0.3 is 5.32 Å². The van der Waals surface area contributed by atoms with Crippen LogP contribution in [0.25, 0.3) is 11.4 Å². The maximum absolute atomic E-state index is 12.3. The normalized spacial score (nSPS) is 16.1. The quantitative estimate of drug-likeness (QED) is 0.753. The summed E-state index contributed by atoms with van der Waals surface area (Å²) >= 11 is 0. The van der Waals surface area contributed by atoms with Crippen molar-refractivity contribution in [3.63, 3.8) is 0 Å². The van der Waals surface area contributed by atoms with E-state index >= 15 is 0 Å². The molecule has 0 bridgehead atoms. The Labute approximate surface area is 150 Å². The Morgan fingerprint density at radius 1 is 1.27 bits per heavy atom. The predicted molar refractivity (Wildman–Crippen MR) is 93.7 cm³/mol. The monoisotopic (exact) mass is 349 g/mol. The van der Waals surface area contributed by atoms with Crippen LogP contribution in [-0.2, 0) is 17.8 Å². The maximum Gasteiger partial charge on any atom is 0.222 e. The van der Waals surface area contributed by atoms with Crippen molar-refractivity contribution in [3.8, 4) is 11.4 Å². The molecule has 26 heavy (non-hydrogen) atoms. The third kappa shape index (κ3) is 3.58. The molecule has 1 aromatic carbocycles. The third-order valence-corrected chi connectivity index (χ3v) is 4.51. The summed E-state index contributed by atoms with van der Waals surface area (Å²) in [6.07, 6.45) is 6.50. The van der Waals surface area contributed by atoms with Gasteiger partial charge in [0.2, 0.25) is 5.91 Å². The van der Waals surface area contributed by atoms with E-state index in [4.69, 9.17) is 4.98 Å². The Hall–Kier alpha value is -3.16. The number of nitrogens with one attached hydrogen (secondary N) is 1. The fourth-order valence-corrected chi connectivity index (χ4v) is 3.19. The van der Waals surface area contributed by atoms with E-state index < -0.39 is 0 Å². The second kappa shape index (κ2) is 7.38. The number of carbonyl (C=O) groups is 1. The Bertz CT molecular complexity index is 880. The molecule has 4 rings (SSSR count). The number of aromatic nitrogens is 6. The van der Waals surface area contributed by atoms with Gasteiger partial charge in [-0.1, -0.05) is 30.3 Å². The average molecular weight is 349 g/mol. The molecule has 1 amide bonds. The highest BCUT2D eigenvalue weighted by Gasteiger charge is 2.24. The molecule has 132 valence electrons. The fraction of sp³-hybridized carbons (Fsp3) is 0.333. The summed E-state index contributed by atoms with van der Waals surface area (Å²) in [6, 6.07) is 9.90. The molecular formula is C18H19N7O. The minimum absolute atomic E-state index is 0.0227. The van der Waals surface area contributed by atoms with Gasteiger partial charge in [0.15, 0.2) is 5.82 Å². The summed E-state index contributed by atoms with van der Waals surface area (Å²) in [6.45, 7) is 0.460. The molecule has 8 nitrogen and oxygen atoms in total. The highest BCUT2D eigenvalue weighted by atomic mass is 16.1. The minimum atomic E-state index is -0.0371. The molecule has 2 aromatic heterocycles. The van der Waals surface area contributed by atoms with Crippen molar-refractivity contribution in [2.45, 2.75) is 38.3 Å². The molecule has 0 radical (unpaired) electrons. The van der Waals surface area contributed by atoms with Crippen molar-refractivity contribution in [1.29, 1.82) is 0 Å². The predicted octanol–water partition coefficient (Wildman–Crippen LogP) is 1.71. The van der Waals surface area contributed by atoms with Crippen molar-refractivity contribution in [1.82, 2.24) is 35.5 Å². The smallest absolute Gasteiger partial charge is 0.222 e. The fourth-order valence-electron chi connectivity index (χ4n) is 3.19. The van der Waals surface area contributed by atoms with Crippen LogP contribution < -0.4 is 5.32 Å². The van der Waals surface area contributed by atoms with E-state index in [1.807, 2.05) is 36.5 Å². The Kier molecular flexibility index (Phi) is 4.63. The Morgan fingerprint density at radius 3 is 2.96 bits per heavy atom. The molecule has 1 aliphatic carbocycles. The van der Waals surface area contributed by atoms with E-state index in [1.165, 1.54) is 6.33 Å². The van der Waals surface area contributed by atoms with Crippen molar-refractivity contribution < 1.29 is 4.79 Å². The number of amides is 1. The summed E-state index contributed by atoms with van der Waals surface area (Å²) in [7, 11) is 0. The van der Waals surface area contributed by atoms with Crippen LogP contribution in [0.2, 0.25) is 0 Å². The van der Waals surface area contributed by atoms with Crippen molar-refractivity contribution in [2.75, 3.05) is 0 Å². The Morgan fingerprint density at radius 2 is 2.15 bits per heavy atom. The lowest BCUT2D eigenvalue weighted by molar-refractivity contribution is -0.122. The third-order valence-electron chi connectivity index (χ3n) is 4.51. The number of hydrogen-bond acceptors (Lipinski definition) is 6. The molecule has 1 unspecified atom stereocenters. The molecule has 3 aromatic rings. The number of carbonyl (C=O) groups excluding carboxylic acids is 1. The van der Waals surface area contributed by atoms with Gasteiger partial charge in [-0.2, -0.15) is 0 Å². The standard InChI is InChI=1S/C18H19N7O/c26-17(9-10-25-12-20-23-24-25)21-15-7-4-8-16-14(15)11-19-18(22-16)13-5-2-1-3-6-13/h1-3,5-6,11-12,15H,4,7-10H2,(H,21,26). The van der Waals surface area contributed by atoms with E-state index in [1.54, 1.807) is 4.68 Å². The van der Waals surface area contributed by atoms with Crippen LogP contribution in [0.3, 0.4) is 0 Å². The molecule has 8 heteroatoms. The number of fused-ring (bicyclic) bond motifs is 1. The van der Waals surface area contributed by atoms with Gasteiger partial charge in [-0.25, -0.2) is 14.6 Å². The number of hydrogen-bond donors (Lipinski definition) is 1. The molecule has 0 saturated heterocycles. The topological polar surface area (TPSA) is 98.5 Å². The van der Waals surface area contributed by atoms with Crippen LogP contribution in [0.15, 0.2) is 42.9 Å². The zero-order valence-corrected chi connectivity index (χ0v) is 14.2. The van der Waals surface area contributed by atoms with Crippen LogP contribution in [0.5, 0.6) is 0 Å². The second-order valence-corrected chi connectivity index (χ2v) is 6.30. The van der Waals surface area contributed by atoms with Gasteiger partial charge in [0, 0.05) is 29.4 Å². The Balaban J connectivity index is 1.46. The first kappa shape index (κ1) is 16.3. The van der Waals surface area contributed by atoms with E-state index in [0.29, 0.717) is 13.0 Å². The van der Waals surface area contributed by atoms with Crippen molar-refractivity contribution in [3.05, 3.63) is 54.1 Å². The first-order valence-corrected chi connectivity index (χ1v) is 8.71. The molecule has 1 aliphatic rings. The first-order chi connectivity index (χ1) is 12.8. The molecular weight excluding hydrogens is 330 g/mol. The molecule has 0 saturated carbocycles. The molecule has 0 aliphatic heterocycles. The van der Waals surface area contributed by atoms with Crippen LogP contribution in [0, 0.1) is 0 Å². The van der Waals surface area contributed by atoms with E-state index in [-0.39, 0.29) is 11.9 Å². The lowest BCUT2D eigenvalue weighted by atomic mass is 9.92. The number of rotatable bonds is 5. The van der Waals surface area contributed by atoms with Gasteiger partial charge in [-0.3, -0.25) is 4.79 Å². The van der Waals surface area contributed by atoms with E-state index in [2.05, 4.69) is 25.8 Å². The van der Waals surface area contributed by atoms with Crippen LogP contribution >= 0.6 is 0 Å². The molecule has 1 atom stereocenters. The SMILES string of the molecule is O=C(CCn1cnnn1)NC1CCCc2nc(-c3ccccc3)ncc21. The van der Waals surface area contributed by atoms with Gasteiger partial charge >= 0.3 is 0 Å². The van der Waals surface area contributed by atoms with Crippen LogP contribution in [0.1, 0.15) is 36.6 Å². The van der Waals surface area contributed by atoms with Gasteiger partial charge in [-0.15, -0.1) is 5.10 Å². The highest BCUT2D eigenvalue weighted by Crippen LogP contribution is 2.29. The summed E-state index contributed by atoms with van der Waals surface area (Å²) < 4.78 is 1.55. The number of nitrogens with zero attached hydrogens (tertiary/aromatic N) is 6. The zero-order chi connectivity index (χ0) is 17.8. The van der Waals surface area contributed by atoms with Crippen molar-refractivity contribution in [2.24, 2.45) is 0 Å². The number of aryl methyl sites for hydroxylation is 2. The number of benzene rings is 1. The molecule has 0 spiro atoms. The minimum Gasteiger partial charge on any atom is -0.349 e.